The van der Waals surface area contributed by atoms with Gasteiger partial charge in [-0.1, -0.05) is 93.2 Å². The lowest BCUT2D eigenvalue weighted by atomic mass is 9.89. The standard InChI is InChI=1S/C47H82N6O10S/c1-15-17-18-19-27-63-35-24-22-34(23-25-35)28-36(45(56)50-64(14,59)60)48-44(55)33(8)43(62-13)37-21-20-26-53(37)39(54)29-38(61-12)42(32(7)16-2)52(11)47(58)40(30(3)4)49-46(57)41(31(5)6)51(9)10/h22-25,30-33,36-38,40-43H,15-21,26-29H2,1-14H3,(H,48,55)(H,49,57)(H,50,56)/t32-,33+,36-,37-,38+,40-,41-,42-,43+/m0/s1. The van der Waals surface area contributed by atoms with Gasteiger partial charge in [0.05, 0.1) is 55.5 Å². The molecule has 9 atom stereocenters. The van der Waals surface area contributed by atoms with E-state index in [1.807, 2.05) is 65.3 Å². The molecule has 1 aliphatic rings. The summed E-state index contributed by atoms with van der Waals surface area (Å²) in [5.74, 6) is -2.63. The predicted octanol–water partition coefficient (Wildman–Crippen LogP) is 4.40. The van der Waals surface area contributed by atoms with Crippen LogP contribution >= 0.6 is 0 Å². The van der Waals surface area contributed by atoms with Gasteiger partial charge < -0.3 is 34.6 Å². The Morgan fingerprint density at radius 1 is 0.844 bits per heavy atom. The second-order valence-corrected chi connectivity index (χ2v) is 20.3. The minimum atomic E-state index is -3.94. The number of methoxy groups -OCH3 is 2. The monoisotopic (exact) mass is 923 g/mol. The number of likely N-dealkylation sites (N-methyl/N-ethyl adjacent to an activating group) is 2. The Hall–Kier alpha value is -3.80. The van der Waals surface area contributed by atoms with Crippen molar-refractivity contribution in [3.8, 4) is 5.75 Å². The fraction of sp³-hybridized carbons (Fsp3) is 0.766. The highest BCUT2D eigenvalue weighted by Gasteiger charge is 2.43. The molecule has 0 saturated carbocycles. The van der Waals surface area contributed by atoms with Gasteiger partial charge >= 0.3 is 0 Å². The van der Waals surface area contributed by atoms with E-state index in [1.54, 1.807) is 48.0 Å². The Labute approximate surface area is 384 Å². The van der Waals surface area contributed by atoms with Gasteiger partial charge in [0, 0.05) is 34.2 Å². The van der Waals surface area contributed by atoms with Crippen LogP contribution in [0.5, 0.6) is 5.75 Å². The number of benzene rings is 1. The third-order valence-electron chi connectivity index (χ3n) is 12.5. The molecule has 17 heteroatoms. The second kappa shape index (κ2) is 27.0. The molecule has 2 rings (SSSR count). The molecule has 0 aliphatic carbocycles. The zero-order valence-corrected chi connectivity index (χ0v) is 42.1. The number of unbranched alkanes of at least 4 members (excludes halogenated alkanes) is 3. The van der Waals surface area contributed by atoms with Crippen LogP contribution in [0.3, 0.4) is 0 Å². The Balaban J connectivity index is 2.30. The quantitative estimate of drug-likeness (QED) is 0.101. The van der Waals surface area contributed by atoms with E-state index in [0.29, 0.717) is 43.7 Å². The Morgan fingerprint density at radius 2 is 1.48 bits per heavy atom. The van der Waals surface area contributed by atoms with Crippen molar-refractivity contribution in [2.45, 2.75) is 156 Å². The Morgan fingerprint density at radius 3 is 2.00 bits per heavy atom. The number of rotatable bonds is 28. The van der Waals surface area contributed by atoms with Crippen molar-refractivity contribution in [1.82, 2.24) is 30.1 Å². The number of nitrogens with zero attached hydrogens (tertiary/aromatic N) is 3. The minimum absolute atomic E-state index is 0.00776. The average Bonchev–Trinajstić information content (AvgIpc) is 3.71. The first-order chi connectivity index (χ1) is 30.0. The van der Waals surface area contributed by atoms with Gasteiger partial charge in [0.2, 0.25) is 33.7 Å². The van der Waals surface area contributed by atoms with Crippen molar-refractivity contribution in [3.63, 3.8) is 0 Å². The summed E-state index contributed by atoms with van der Waals surface area (Å²) in [5.41, 5.74) is 0.681. The Bertz CT molecular complexity index is 1730. The molecule has 3 N–H and O–H groups in total. The summed E-state index contributed by atoms with van der Waals surface area (Å²) in [6.45, 7) is 16.5. The molecule has 1 heterocycles. The van der Waals surface area contributed by atoms with Crippen LogP contribution in [-0.4, -0.2) is 150 Å². The number of hydrogen-bond donors (Lipinski definition) is 3. The van der Waals surface area contributed by atoms with E-state index in [-0.39, 0.29) is 48.3 Å². The summed E-state index contributed by atoms with van der Waals surface area (Å²) in [6, 6.07) is 3.63. The summed E-state index contributed by atoms with van der Waals surface area (Å²) in [7, 11) is 4.44. The lowest BCUT2D eigenvalue weighted by Crippen LogP contribution is -2.59. The molecule has 0 unspecified atom stereocenters. The van der Waals surface area contributed by atoms with Gasteiger partial charge in [-0.05, 0) is 68.8 Å². The lowest BCUT2D eigenvalue weighted by molar-refractivity contribution is -0.148. The summed E-state index contributed by atoms with van der Waals surface area (Å²) in [6.07, 6.45) is 5.54. The fourth-order valence-corrected chi connectivity index (χ4v) is 9.36. The number of sulfonamides is 1. The molecular weight excluding hydrogens is 841 g/mol. The molecule has 0 aromatic heterocycles. The molecule has 0 bridgehead atoms. The number of ether oxygens (including phenoxy) is 3. The van der Waals surface area contributed by atoms with Gasteiger partial charge in [-0.2, -0.15) is 0 Å². The normalized spacial score (nSPS) is 18.1. The highest BCUT2D eigenvalue weighted by atomic mass is 32.2. The first-order valence-electron chi connectivity index (χ1n) is 23.1. The zero-order valence-electron chi connectivity index (χ0n) is 41.3. The van der Waals surface area contributed by atoms with Crippen molar-refractivity contribution in [2.24, 2.45) is 23.7 Å². The van der Waals surface area contributed by atoms with Crippen LogP contribution in [0.1, 0.15) is 112 Å². The maximum atomic E-state index is 14.4. The van der Waals surface area contributed by atoms with Crippen molar-refractivity contribution >= 4 is 39.6 Å². The molecule has 5 amide bonds. The molecule has 1 fully saturated rings. The number of carbonyl (C=O) groups excluding carboxylic acids is 5. The number of likely N-dealkylation sites (tertiary alicyclic amines) is 1. The largest absolute Gasteiger partial charge is 0.494 e. The fourth-order valence-electron chi connectivity index (χ4n) is 8.85. The number of hydrogen-bond acceptors (Lipinski definition) is 11. The third-order valence-corrected chi connectivity index (χ3v) is 13.1. The number of amides is 5. The smallest absolute Gasteiger partial charge is 0.256 e. The SMILES string of the molecule is CCCCCCOc1ccc(C[C@H](NC(=O)[C@H](C)[C@@H](OC)[C@@H]2CCCN2C(=O)C[C@@H](OC)[C@H]([C@@H](C)CC)N(C)C(=O)[C@@H](NC(=O)[C@H](C(C)C)N(C)C)C(C)C)C(=O)NS(C)(=O)=O)cc1. The van der Waals surface area contributed by atoms with E-state index < -0.39 is 70.2 Å². The van der Waals surface area contributed by atoms with Gasteiger partial charge in [-0.25, -0.2) is 8.42 Å². The van der Waals surface area contributed by atoms with E-state index in [9.17, 15) is 32.4 Å². The topological polar surface area (TPSA) is 193 Å². The van der Waals surface area contributed by atoms with E-state index in [2.05, 4.69) is 17.6 Å². The summed E-state index contributed by atoms with van der Waals surface area (Å²) in [5, 5.41) is 5.79. The van der Waals surface area contributed by atoms with Gasteiger partial charge in [-0.3, -0.25) is 33.6 Å². The first kappa shape index (κ1) is 56.3. The summed E-state index contributed by atoms with van der Waals surface area (Å²) in [4.78, 5) is 74.7. The molecule has 64 heavy (non-hydrogen) atoms. The minimum Gasteiger partial charge on any atom is -0.494 e. The molecular formula is C47H82N6O10S. The molecule has 1 aromatic carbocycles. The molecule has 0 spiro atoms. The van der Waals surface area contributed by atoms with E-state index in [4.69, 9.17) is 14.2 Å². The lowest BCUT2D eigenvalue weighted by Gasteiger charge is -2.41. The average molecular weight is 923 g/mol. The van der Waals surface area contributed by atoms with Crippen molar-refractivity contribution in [3.05, 3.63) is 29.8 Å². The maximum Gasteiger partial charge on any atom is 0.256 e. The number of carbonyl (C=O) groups is 5. The highest BCUT2D eigenvalue weighted by Crippen LogP contribution is 2.30. The van der Waals surface area contributed by atoms with Crippen LogP contribution in [-0.2, 0) is 49.9 Å². The zero-order chi connectivity index (χ0) is 48.5. The number of nitrogens with one attached hydrogen (secondary N) is 3. The highest BCUT2D eigenvalue weighted by molar-refractivity contribution is 7.89. The van der Waals surface area contributed by atoms with Crippen LogP contribution in [0, 0.1) is 23.7 Å². The Kier molecular flexibility index (Phi) is 23.8. The van der Waals surface area contributed by atoms with Crippen molar-refractivity contribution < 1.29 is 46.6 Å². The van der Waals surface area contributed by atoms with E-state index in [1.165, 1.54) is 14.2 Å². The van der Waals surface area contributed by atoms with Crippen LogP contribution in [0.25, 0.3) is 0 Å². The molecule has 0 radical (unpaired) electrons. The molecule has 1 aliphatic heterocycles. The van der Waals surface area contributed by atoms with Gasteiger partial charge in [-0.15, -0.1) is 0 Å². The maximum absolute atomic E-state index is 14.4. The van der Waals surface area contributed by atoms with Crippen LogP contribution < -0.4 is 20.1 Å². The van der Waals surface area contributed by atoms with Gasteiger partial charge in [0.1, 0.15) is 17.8 Å². The first-order valence-corrected chi connectivity index (χ1v) is 25.0. The van der Waals surface area contributed by atoms with Gasteiger partial charge in [0.15, 0.2) is 0 Å². The molecule has 16 nitrogen and oxygen atoms in total. The molecule has 1 aromatic rings. The predicted molar refractivity (Wildman–Crippen MR) is 250 cm³/mol. The summed E-state index contributed by atoms with van der Waals surface area (Å²) >= 11 is 0. The van der Waals surface area contributed by atoms with Crippen LogP contribution in [0.4, 0.5) is 0 Å². The molecule has 1 saturated heterocycles. The van der Waals surface area contributed by atoms with E-state index in [0.717, 1.165) is 31.9 Å². The molecule has 366 valence electrons. The van der Waals surface area contributed by atoms with Gasteiger partial charge in [0.25, 0.3) is 5.91 Å². The van der Waals surface area contributed by atoms with Crippen molar-refractivity contribution in [1.29, 1.82) is 0 Å². The third kappa shape index (κ3) is 16.9. The van der Waals surface area contributed by atoms with Crippen LogP contribution in [0.15, 0.2) is 24.3 Å². The second-order valence-electron chi connectivity index (χ2n) is 18.5. The van der Waals surface area contributed by atoms with Crippen molar-refractivity contribution in [2.75, 3.05) is 54.8 Å². The van der Waals surface area contributed by atoms with E-state index >= 15 is 0 Å². The summed E-state index contributed by atoms with van der Waals surface area (Å²) < 4.78 is 44.1. The van der Waals surface area contributed by atoms with Crippen LogP contribution in [0.2, 0.25) is 0 Å².